The third-order valence-corrected chi connectivity index (χ3v) is 3.21. The summed E-state index contributed by atoms with van der Waals surface area (Å²) >= 11 is 0. The van der Waals surface area contributed by atoms with E-state index in [0.717, 1.165) is 6.42 Å². The van der Waals surface area contributed by atoms with Gasteiger partial charge in [0, 0.05) is 13.1 Å². The monoisotopic (exact) mass is 289 g/mol. The van der Waals surface area contributed by atoms with Crippen LogP contribution in [-0.2, 0) is 11.2 Å². The molecule has 1 N–H and O–H groups in total. The molecule has 0 aromatic heterocycles. The maximum absolute atomic E-state index is 12.2. The average Bonchev–Trinajstić information content (AvgIpc) is 2.49. The molecule has 0 aliphatic carbocycles. The van der Waals surface area contributed by atoms with Crippen molar-refractivity contribution in [3.63, 3.8) is 0 Å². The van der Waals surface area contributed by atoms with Gasteiger partial charge in [0.1, 0.15) is 5.76 Å². The first-order valence-corrected chi connectivity index (χ1v) is 7.23. The standard InChI is InChI=1S/C16H23N3O2/c1-5-13-8-10-14(11-9-13)17-18-15(12(4)20)16(21)19(6-2)7-3/h8-11,20H,5-7H2,1-4H3/b15-12+,18-17?. The lowest BCUT2D eigenvalue weighted by atomic mass is 10.2. The predicted molar refractivity (Wildman–Crippen MR) is 83.6 cm³/mol. The summed E-state index contributed by atoms with van der Waals surface area (Å²) in [7, 11) is 0. The van der Waals surface area contributed by atoms with E-state index in [-0.39, 0.29) is 17.4 Å². The van der Waals surface area contributed by atoms with Gasteiger partial charge in [0.2, 0.25) is 0 Å². The van der Waals surface area contributed by atoms with Gasteiger partial charge in [0.05, 0.1) is 5.69 Å². The maximum atomic E-state index is 12.2. The number of rotatable bonds is 6. The lowest BCUT2D eigenvalue weighted by Crippen LogP contribution is -2.31. The molecule has 5 nitrogen and oxygen atoms in total. The number of carbonyl (C=O) groups excluding carboxylic acids is 1. The van der Waals surface area contributed by atoms with Crippen LogP contribution in [0.4, 0.5) is 5.69 Å². The molecule has 1 aromatic carbocycles. The van der Waals surface area contributed by atoms with Crippen LogP contribution < -0.4 is 0 Å². The van der Waals surface area contributed by atoms with Crippen LogP contribution in [0.2, 0.25) is 0 Å². The Hall–Kier alpha value is -2.17. The van der Waals surface area contributed by atoms with Crippen molar-refractivity contribution in [3.05, 3.63) is 41.3 Å². The highest BCUT2D eigenvalue weighted by Crippen LogP contribution is 2.17. The zero-order chi connectivity index (χ0) is 15.8. The first kappa shape index (κ1) is 16.9. The number of hydrogen-bond donors (Lipinski definition) is 1. The molecule has 0 unspecified atom stereocenters. The van der Waals surface area contributed by atoms with Crippen LogP contribution in [-0.4, -0.2) is 29.0 Å². The van der Waals surface area contributed by atoms with Crippen LogP contribution in [0.1, 0.15) is 33.3 Å². The van der Waals surface area contributed by atoms with Gasteiger partial charge >= 0.3 is 0 Å². The van der Waals surface area contributed by atoms with Crippen molar-refractivity contribution >= 4 is 11.6 Å². The SMILES string of the molecule is CCc1ccc(N=N/C(C(=O)N(CC)CC)=C(\C)O)cc1. The van der Waals surface area contributed by atoms with Crippen molar-refractivity contribution in [1.82, 2.24) is 4.90 Å². The summed E-state index contributed by atoms with van der Waals surface area (Å²) in [5.74, 6) is -0.435. The minimum atomic E-state index is -0.311. The van der Waals surface area contributed by atoms with Gasteiger partial charge in [-0.1, -0.05) is 19.1 Å². The van der Waals surface area contributed by atoms with Gasteiger partial charge in [-0.05, 0) is 44.9 Å². The number of amides is 1. The maximum Gasteiger partial charge on any atom is 0.277 e. The predicted octanol–water partition coefficient (Wildman–Crippen LogP) is 3.99. The molecule has 5 heteroatoms. The van der Waals surface area contributed by atoms with Gasteiger partial charge in [0.25, 0.3) is 5.91 Å². The summed E-state index contributed by atoms with van der Waals surface area (Å²) in [5.41, 5.74) is 1.85. The number of hydrogen-bond acceptors (Lipinski definition) is 4. The molecule has 0 saturated carbocycles. The van der Waals surface area contributed by atoms with Gasteiger partial charge in [-0.25, -0.2) is 0 Å². The van der Waals surface area contributed by atoms with E-state index >= 15 is 0 Å². The Balaban J connectivity index is 2.95. The Morgan fingerprint density at radius 1 is 1.14 bits per heavy atom. The lowest BCUT2D eigenvalue weighted by molar-refractivity contribution is -0.127. The van der Waals surface area contributed by atoms with Crippen LogP contribution in [0.25, 0.3) is 0 Å². The van der Waals surface area contributed by atoms with Crippen LogP contribution in [0.15, 0.2) is 46.0 Å². The number of likely N-dealkylation sites (N-methyl/N-ethyl adjacent to an activating group) is 1. The first-order valence-electron chi connectivity index (χ1n) is 7.23. The van der Waals surface area contributed by atoms with Gasteiger partial charge in [0.15, 0.2) is 5.70 Å². The summed E-state index contributed by atoms with van der Waals surface area (Å²) in [4.78, 5) is 13.8. The quantitative estimate of drug-likeness (QED) is 0.489. The second kappa shape index (κ2) is 8.19. The highest BCUT2D eigenvalue weighted by atomic mass is 16.3. The smallest absolute Gasteiger partial charge is 0.277 e. The molecule has 0 atom stereocenters. The van der Waals surface area contributed by atoms with E-state index in [9.17, 15) is 9.90 Å². The third kappa shape index (κ3) is 4.70. The zero-order valence-corrected chi connectivity index (χ0v) is 13.1. The summed E-state index contributed by atoms with van der Waals surface area (Å²) < 4.78 is 0. The molecule has 0 spiro atoms. The summed E-state index contributed by atoms with van der Waals surface area (Å²) in [5, 5.41) is 17.6. The number of benzene rings is 1. The van der Waals surface area contributed by atoms with E-state index in [0.29, 0.717) is 18.8 Å². The molecule has 1 amide bonds. The molecule has 0 saturated heterocycles. The topological polar surface area (TPSA) is 65.3 Å². The Morgan fingerprint density at radius 3 is 2.14 bits per heavy atom. The first-order chi connectivity index (χ1) is 10.0. The molecule has 0 bridgehead atoms. The van der Waals surface area contributed by atoms with Gasteiger partial charge in [-0.3, -0.25) is 4.79 Å². The molecule has 1 rings (SSSR count). The Labute approximate surface area is 126 Å². The van der Waals surface area contributed by atoms with E-state index in [1.165, 1.54) is 12.5 Å². The number of aryl methyl sites for hydroxylation is 1. The van der Waals surface area contributed by atoms with Crippen LogP contribution in [0.3, 0.4) is 0 Å². The largest absolute Gasteiger partial charge is 0.510 e. The van der Waals surface area contributed by atoms with Crippen molar-refractivity contribution in [2.24, 2.45) is 10.2 Å². The van der Waals surface area contributed by atoms with E-state index < -0.39 is 0 Å². The fraction of sp³-hybridized carbons (Fsp3) is 0.438. The number of nitrogens with zero attached hydrogens (tertiary/aromatic N) is 3. The van der Waals surface area contributed by atoms with Crippen LogP contribution >= 0.6 is 0 Å². The zero-order valence-electron chi connectivity index (χ0n) is 13.1. The summed E-state index contributed by atoms with van der Waals surface area (Å²) in [6, 6.07) is 7.62. The second-order valence-electron chi connectivity index (χ2n) is 4.63. The number of azo groups is 1. The molecule has 0 aliphatic heterocycles. The van der Waals surface area contributed by atoms with E-state index in [1.807, 2.05) is 38.1 Å². The Morgan fingerprint density at radius 2 is 1.71 bits per heavy atom. The molecule has 0 radical (unpaired) electrons. The molecular formula is C16H23N3O2. The fourth-order valence-electron chi connectivity index (χ4n) is 1.84. The van der Waals surface area contributed by atoms with Crippen molar-refractivity contribution in [2.75, 3.05) is 13.1 Å². The highest BCUT2D eigenvalue weighted by molar-refractivity contribution is 5.93. The molecule has 114 valence electrons. The van der Waals surface area contributed by atoms with Gasteiger partial charge in [-0.15, -0.1) is 5.11 Å². The van der Waals surface area contributed by atoms with Crippen molar-refractivity contribution in [2.45, 2.75) is 34.1 Å². The average molecular weight is 289 g/mol. The van der Waals surface area contributed by atoms with Crippen molar-refractivity contribution in [3.8, 4) is 0 Å². The molecule has 0 aliphatic rings. The van der Waals surface area contributed by atoms with Crippen LogP contribution in [0.5, 0.6) is 0 Å². The fourth-order valence-corrected chi connectivity index (χ4v) is 1.84. The molecule has 1 aromatic rings. The number of carbonyl (C=O) groups is 1. The molecule has 0 fully saturated rings. The summed E-state index contributed by atoms with van der Waals surface area (Å²) in [6.45, 7) is 8.41. The Bertz CT molecular complexity index is 525. The van der Waals surface area contributed by atoms with Crippen LogP contribution in [0, 0.1) is 0 Å². The van der Waals surface area contributed by atoms with Crippen molar-refractivity contribution in [1.29, 1.82) is 0 Å². The highest BCUT2D eigenvalue weighted by Gasteiger charge is 2.18. The van der Waals surface area contributed by atoms with E-state index in [4.69, 9.17) is 0 Å². The van der Waals surface area contributed by atoms with Gasteiger partial charge < -0.3 is 10.0 Å². The molecule has 21 heavy (non-hydrogen) atoms. The minimum absolute atomic E-state index is 0.0155. The number of aliphatic hydroxyl groups is 1. The molecular weight excluding hydrogens is 266 g/mol. The van der Waals surface area contributed by atoms with E-state index in [2.05, 4.69) is 17.2 Å². The van der Waals surface area contributed by atoms with Gasteiger partial charge in [-0.2, -0.15) is 5.11 Å². The second-order valence-corrected chi connectivity index (χ2v) is 4.63. The number of allylic oxidation sites excluding steroid dienone is 1. The van der Waals surface area contributed by atoms with E-state index in [1.54, 1.807) is 4.90 Å². The third-order valence-electron chi connectivity index (χ3n) is 3.21. The normalized spacial score (nSPS) is 12.4. The Kier molecular flexibility index (Phi) is 6.59. The number of aliphatic hydroxyl groups excluding tert-OH is 1. The summed E-state index contributed by atoms with van der Waals surface area (Å²) in [6.07, 6.45) is 0.957. The van der Waals surface area contributed by atoms with Crippen molar-refractivity contribution < 1.29 is 9.90 Å². The minimum Gasteiger partial charge on any atom is -0.510 e. The lowest BCUT2D eigenvalue weighted by Gasteiger charge is -2.18. The molecule has 0 heterocycles.